The Kier molecular flexibility index (Phi) is 5.07. The van der Waals surface area contributed by atoms with E-state index in [2.05, 4.69) is 22.4 Å². The first-order valence-corrected chi connectivity index (χ1v) is 10.0. The standard InChI is InChI=1S/C21H20FN3OS/c1-13(14-6-7-14)23-19(26)12-27-21-18-5-3-2-4-17(18)20(24-25-21)15-8-10-16(22)11-9-15/h2-5,8-11,13-14H,6-7,12H2,1H3,(H,23,26)/t13-/m1/s1. The molecule has 1 aliphatic carbocycles. The number of hydrogen-bond acceptors (Lipinski definition) is 4. The van der Waals surface area contributed by atoms with E-state index in [0.717, 1.165) is 21.4 Å². The first-order chi connectivity index (χ1) is 13.1. The van der Waals surface area contributed by atoms with E-state index in [0.29, 0.717) is 17.4 Å². The number of thioether (sulfide) groups is 1. The van der Waals surface area contributed by atoms with E-state index in [1.54, 1.807) is 12.1 Å². The third-order valence-electron chi connectivity index (χ3n) is 4.83. The summed E-state index contributed by atoms with van der Waals surface area (Å²) in [4.78, 5) is 12.2. The average molecular weight is 381 g/mol. The van der Waals surface area contributed by atoms with Gasteiger partial charge >= 0.3 is 0 Å². The molecule has 1 aromatic heterocycles. The molecule has 1 amide bonds. The van der Waals surface area contributed by atoms with Crippen LogP contribution < -0.4 is 5.32 Å². The molecule has 0 spiro atoms. The molecule has 0 unspecified atom stereocenters. The summed E-state index contributed by atoms with van der Waals surface area (Å²) in [6, 6.07) is 14.3. The SMILES string of the molecule is C[C@@H](NC(=O)CSc1nnc(-c2ccc(F)cc2)c2ccccc12)C1CC1. The van der Waals surface area contributed by atoms with Crippen LogP contribution in [0.5, 0.6) is 0 Å². The topological polar surface area (TPSA) is 54.9 Å². The maximum absolute atomic E-state index is 13.2. The highest BCUT2D eigenvalue weighted by Crippen LogP contribution is 2.33. The molecule has 0 radical (unpaired) electrons. The van der Waals surface area contributed by atoms with Gasteiger partial charge in [-0.05, 0) is 49.9 Å². The van der Waals surface area contributed by atoms with Crippen LogP contribution in [0.15, 0.2) is 53.6 Å². The summed E-state index contributed by atoms with van der Waals surface area (Å²) in [6.07, 6.45) is 2.41. The Labute approximate surface area is 161 Å². The number of carbonyl (C=O) groups excluding carboxylic acids is 1. The van der Waals surface area contributed by atoms with Crippen LogP contribution in [0.1, 0.15) is 19.8 Å². The van der Waals surface area contributed by atoms with E-state index >= 15 is 0 Å². The third-order valence-corrected chi connectivity index (χ3v) is 5.81. The van der Waals surface area contributed by atoms with E-state index in [1.807, 2.05) is 24.3 Å². The summed E-state index contributed by atoms with van der Waals surface area (Å²) in [7, 11) is 0. The second kappa shape index (κ2) is 7.64. The van der Waals surface area contributed by atoms with Gasteiger partial charge in [-0.1, -0.05) is 36.0 Å². The van der Waals surface area contributed by atoms with Crippen LogP contribution in [-0.2, 0) is 4.79 Å². The Hall–Kier alpha value is -2.47. The number of nitrogens with zero attached hydrogens (tertiary/aromatic N) is 2. The fourth-order valence-electron chi connectivity index (χ4n) is 3.15. The van der Waals surface area contributed by atoms with Gasteiger partial charge < -0.3 is 5.32 Å². The lowest BCUT2D eigenvalue weighted by Gasteiger charge is -2.13. The van der Waals surface area contributed by atoms with E-state index in [1.165, 1.54) is 36.7 Å². The van der Waals surface area contributed by atoms with Crippen LogP contribution >= 0.6 is 11.8 Å². The molecule has 27 heavy (non-hydrogen) atoms. The molecule has 1 saturated carbocycles. The molecule has 138 valence electrons. The molecule has 4 rings (SSSR count). The van der Waals surface area contributed by atoms with Gasteiger partial charge in [0, 0.05) is 22.4 Å². The largest absolute Gasteiger partial charge is 0.353 e. The van der Waals surface area contributed by atoms with Gasteiger partial charge in [-0.15, -0.1) is 10.2 Å². The Balaban J connectivity index is 1.56. The highest BCUT2D eigenvalue weighted by Gasteiger charge is 2.28. The number of aromatic nitrogens is 2. The second-order valence-corrected chi connectivity index (χ2v) is 7.85. The van der Waals surface area contributed by atoms with Gasteiger partial charge in [-0.25, -0.2) is 4.39 Å². The van der Waals surface area contributed by atoms with Crippen LogP contribution in [0.25, 0.3) is 22.0 Å². The minimum atomic E-state index is -0.283. The maximum atomic E-state index is 13.2. The summed E-state index contributed by atoms with van der Waals surface area (Å²) in [5.41, 5.74) is 1.52. The zero-order chi connectivity index (χ0) is 18.8. The van der Waals surface area contributed by atoms with E-state index in [-0.39, 0.29) is 17.8 Å². The lowest BCUT2D eigenvalue weighted by molar-refractivity contribution is -0.119. The molecular formula is C21H20FN3OS. The zero-order valence-electron chi connectivity index (χ0n) is 15.0. The number of rotatable bonds is 6. The van der Waals surface area contributed by atoms with Crippen LogP contribution in [0, 0.1) is 11.7 Å². The Bertz CT molecular complexity index is 973. The van der Waals surface area contributed by atoms with Crippen molar-refractivity contribution in [1.29, 1.82) is 0 Å². The molecule has 4 nitrogen and oxygen atoms in total. The molecule has 2 aromatic carbocycles. The van der Waals surface area contributed by atoms with Crippen LogP contribution in [0.3, 0.4) is 0 Å². The average Bonchev–Trinajstić information content (AvgIpc) is 3.52. The van der Waals surface area contributed by atoms with Crippen molar-refractivity contribution in [3.63, 3.8) is 0 Å². The molecule has 0 aliphatic heterocycles. The van der Waals surface area contributed by atoms with Gasteiger partial charge in [-0.3, -0.25) is 4.79 Å². The molecule has 0 saturated heterocycles. The minimum absolute atomic E-state index is 0.0212. The van der Waals surface area contributed by atoms with E-state index in [4.69, 9.17) is 0 Å². The van der Waals surface area contributed by atoms with Gasteiger partial charge in [0.2, 0.25) is 5.91 Å². The molecular weight excluding hydrogens is 361 g/mol. The number of amides is 1. The molecule has 1 atom stereocenters. The highest BCUT2D eigenvalue weighted by atomic mass is 32.2. The maximum Gasteiger partial charge on any atom is 0.230 e. The molecule has 0 bridgehead atoms. The van der Waals surface area contributed by atoms with E-state index in [9.17, 15) is 9.18 Å². The fourth-order valence-corrected chi connectivity index (χ4v) is 3.93. The first kappa shape index (κ1) is 17.9. The van der Waals surface area contributed by atoms with Crippen LogP contribution in [-0.4, -0.2) is 27.9 Å². The molecule has 1 heterocycles. The predicted octanol–water partition coefficient (Wildman–Crippen LogP) is 4.44. The Morgan fingerprint density at radius 2 is 1.85 bits per heavy atom. The van der Waals surface area contributed by atoms with Gasteiger partial charge in [0.25, 0.3) is 0 Å². The van der Waals surface area contributed by atoms with Crippen LogP contribution in [0.4, 0.5) is 4.39 Å². The molecule has 6 heteroatoms. The molecule has 1 fully saturated rings. The van der Waals surface area contributed by atoms with Crippen molar-refractivity contribution in [3.8, 4) is 11.3 Å². The number of nitrogens with one attached hydrogen (secondary N) is 1. The van der Waals surface area contributed by atoms with Crippen molar-refractivity contribution < 1.29 is 9.18 Å². The molecule has 3 aromatic rings. The number of carbonyl (C=O) groups is 1. The van der Waals surface area contributed by atoms with Crippen molar-refractivity contribution in [2.75, 3.05) is 5.75 Å². The van der Waals surface area contributed by atoms with Gasteiger partial charge in [-0.2, -0.15) is 0 Å². The first-order valence-electron chi connectivity index (χ1n) is 9.05. The van der Waals surface area contributed by atoms with Crippen molar-refractivity contribution in [2.24, 2.45) is 5.92 Å². The number of halogens is 1. The Morgan fingerprint density at radius 3 is 2.56 bits per heavy atom. The van der Waals surface area contributed by atoms with Crippen molar-refractivity contribution in [3.05, 3.63) is 54.3 Å². The number of hydrogen-bond donors (Lipinski definition) is 1. The smallest absolute Gasteiger partial charge is 0.230 e. The normalized spacial score (nSPS) is 14.9. The second-order valence-electron chi connectivity index (χ2n) is 6.89. The van der Waals surface area contributed by atoms with Crippen molar-refractivity contribution in [2.45, 2.75) is 30.8 Å². The van der Waals surface area contributed by atoms with Crippen molar-refractivity contribution in [1.82, 2.24) is 15.5 Å². The van der Waals surface area contributed by atoms with Gasteiger partial charge in [0.15, 0.2) is 0 Å². The summed E-state index contributed by atoms with van der Waals surface area (Å²) in [6.45, 7) is 2.06. The summed E-state index contributed by atoms with van der Waals surface area (Å²) in [5.74, 6) is 0.683. The monoisotopic (exact) mass is 381 g/mol. The Morgan fingerprint density at radius 1 is 1.15 bits per heavy atom. The zero-order valence-corrected chi connectivity index (χ0v) is 15.8. The van der Waals surface area contributed by atoms with Crippen LogP contribution in [0.2, 0.25) is 0 Å². The minimum Gasteiger partial charge on any atom is -0.353 e. The quantitative estimate of drug-likeness (QED) is 0.641. The highest BCUT2D eigenvalue weighted by molar-refractivity contribution is 8.00. The van der Waals surface area contributed by atoms with E-state index < -0.39 is 0 Å². The number of benzene rings is 2. The van der Waals surface area contributed by atoms with Gasteiger partial charge in [0.05, 0.1) is 5.75 Å². The predicted molar refractivity (Wildman–Crippen MR) is 106 cm³/mol. The molecule has 1 aliphatic rings. The summed E-state index contributed by atoms with van der Waals surface area (Å²) in [5, 5.41) is 14.4. The summed E-state index contributed by atoms with van der Waals surface area (Å²) >= 11 is 1.39. The summed E-state index contributed by atoms with van der Waals surface area (Å²) < 4.78 is 13.2. The fraction of sp³-hybridized carbons (Fsp3) is 0.286. The lowest BCUT2D eigenvalue weighted by atomic mass is 10.1. The van der Waals surface area contributed by atoms with Crippen molar-refractivity contribution >= 4 is 28.4 Å². The third kappa shape index (κ3) is 4.11. The number of fused-ring (bicyclic) bond motifs is 1. The molecule has 1 N–H and O–H groups in total. The van der Waals surface area contributed by atoms with Gasteiger partial charge in [0.1, 0.15) is 16.5 Å². The lowest BCUT2D eigenvalue weighted by Crippen LogP contribution is -2.35.